The lowest BCUT2D eigenvalue weighted by Gasteiger charge is -2.09. The van der Waals surface area contributed by atoms with Crippen LogP contribution in [0.1, 0.15) is 0 Å². The molecule has 26 heavy (non-hydrogen) atoms. The Hall–Kier alpha value is -3.46. The number of nitrogens with zero attached hydrogens (tertiary/aromatic N) is 2. The summed E-state index contributed by atoms with van der Waals surface area (Å²) in [7, 11) is -3.76. The van der Waals surface area contributed by atoms with Crippen molar-refractivity contribution in [2.75, 3.05) is 4.72 Å². The zero-order valence-electron chi connectivity index (χ0n) is 13.3. The molecule has 0 saturated carbocycles. The average Bonchev–Trinajstić information content (AvgIpc) is 2.63. The molecule has 0 aliphatic carbocycles. The number of non-ortho nitro benzene ring substituents is 1. The predicted octanol–water partition coefficient (Wildman–Crippen LogP) is 3.58. The number of pyridine rings is 1. The van der Waals surface area contributed by atoms with Gasteiger partial charge in [-0.1, -0.05) is 6.07 Å². The molecule has 3 rings (SSSR count). The molecule has 0 aliphatic rings. The fourth-order valence-electron chi connectivity index (χ4n) is 2.08. The maximum atomic E-state index is 12.3. The van der Waals surface area contributed by atoms with Gasteiger partial charge in [0.1, 0.15) is 17.3 Å². The van der Waals surface area contributed by atoms with Gasteiger partial charge in [0.2, 0.25) is 0 Å². The number of anilines is 1. The van der Waals surface area contributed by atoms with Gasteiger partial charge in [0.25, 0.3) is 15.7 Å². The van der Waals surface area contributed by atoms with E-state index in [1.807, 2.05) is 0 Å². The molecule has 0 unspecified atom stereocenters. The summed E-state index contributed by atoms with van der Waals surface area (Å²) in [6.45, 7) is 0. The number of sulfonamides is 1. The lowest BCUT2D eigenvalue weighted by molar-refractivity contribution is -0.384. The van der Waals surface area contributed by atoms with Gasteiger partial charge in [0.15, 0.2) is 0 Å². The van der Waals surface area contributed by atoms with Crippen molar-refractivity contribution in [3.8, 4) is 11.5 Å². The highest BCUT2D eigenvalue weighted by Crippen LogP contribution is 2.25. The molecule has 0 spiro atoms. The molecular formula is C17H13N3O5S. The number of aromatic nitrogens is 1. The van der Waals surface area contributed by atoms with E-state index in [1.54, 1.807) is 18.2 Å². The van der Waals surface area contributed by atoms with Crippen LogP contribution < -0.4 is 9.46 Å². The van der Waals surface area contributed by atoms with Crippen molar-refractivity contribution >= 4 is 21.5 Å². The molecule has 0 radical (unpaired) electrons. The fraction of sp³-hybridized carbons (Fsp3) is 0. The molecular weight excluding hydrogens is 358 g/mol. The predicted molar refractivity (Wildman–Crippen MR) is 94.7 cm³/mol. The van der Waals surface area contributed by atoms with Gasteiger partial charge < -0.3 is 4.74 Å². The number of hydrogen-bond acceptors (Lipinski definition) is 6. The summed E-state index contributed by atoms with van der Waals surface area (Å²) in [4.78, 5) is 14.1. The van der Waals surface area contributed by atoms with Crippen molar-refractivity contribution in [2.24, 2.45) is 0 Å². The van der Waals surface area contributed by atoms with Crippen LogP contribution in [0.3, 0.4) is 0 Å². The number of nitrogens with one attached hydrogen (secondary N) is 1. The van der Waals surface area contributed by atoms with Crippen molar-refractivity contribution in [3.63, 3.8) is 0 Å². The Kier molecular flexibility index (Phi) is 4.81. The quantitative estimate of drug-likeness (QED) is 0.523. The van der Waals surface area contributed by atoms with Gasteiger partial charge in [-0.25, -0.2) is 13.4 Å². The van der Waals surface area contributed by atoms with Crippen LogP contribution in [-0.4, -0.2) is 18.3 Å². The van der Waals surface area contributed by atoms with Gasteiger partial charge in [-0.2, -0.15) is 0 Å². The van der Waals surface area contributed by atoms with Gasteiger partial charge in [-0.05, 0) is 48.5 Å². The molecule has 2 aromatic carbocycles. The Morgan fingerprint density at radius 1 is 0.923 bits per heavy atom. The number of rotatable bonds is 6. The highest BCUT2D eigenvalue weighted by molar-refractivity contribution is 7.92. The summed E-state index contributed by atoms with van der Waals surface area (Å²) in [6.07, 6.45) is 1.49. The summed E-state index contributed by atoms with van der Waals surface area (Å²) in [5.74, 6) is 1.02. The fourth-order valence-corrected chi connectivity index (χ4v) is 3.09. The van der Waals surface area contributed by atoms with E-state index in [0.29, 0.717) is 11.5 Å². The number of nitro benzene ring substituents is 1. The van der Waals surface area contributed by atoms with Crippen molar-refractivity contribution in [2.45, 2.75) is 4.90 Å². The van der Waals surface area contributed by atoms with Crippen molar-refractivity contribution < 1.29 is 18.1 Å². The van der Waals surface area contributed by atoms with Crippen molar-refractivity contribution in [3.05, 3.63) is 83.0 Å². The van der Waals surface area contributed by atoms with E-state index < -0.39 is 14.9 Å². The first-order chi connectivity index (χ1) is 12.4. The second-order valence-corrected chi connectivity index (χ2v) is 6.83. The molecule has 9 heteroatoms. The van der Waals surface area contributed by atoms with Gasteiger partial charge in [0, 0.05) is 18.3 Å². The molecule has 1 N–H and O–H groups in total. The summed E-state index contributed by atoms with van der Waals surface area (Å²) in [5, 5.41) is 10.6. The van der Waals surface area contributed by atoms with Crippen LogP contribution in [0.15, 0.2) is 77.8 Å². The SMILES string of the molecule is O=[N+]([O-])c1ccc(Oc2ccc(S(=O)(=O)Nc3ccccn3)cc2)cc1. The van der Waals surface area contributed by atoms with Crippen LogP contribution in [0.2, 0.25) is 0 Å². The van der Waals surface area contributed by atoms with Gasteiger partial charge in [-0.3, -0.25) is 14.8 Å². The van der Waals surface area contributed by atoms with E-state index in [4.69, 9.17) is 4.74 Å². The van der Waals surface area contributed by atoms with E-state index in [-0.39, 0.29) is 16.4 Å². The second kappa shape index (κ2) is 7.19. The third-order valence-electron chi connectivity index (χ3n) is 3.32. The Morgan fingerprint density at radius 3 is 2.08 bits per heavy atom. The lowest BCUT2D eigenvalue weighted by Crippen LogP contribution is -2.13. The van der Waals surface area contributed by atoms with E-state index in [1.165, 1.54) is 54.7 Å². The summed E-state index contributed by atoms with van der Waals surface area (Å²) < 4.78 is 32.6. The monoisotopic (exact) mass is 371 g/mol. The zero-order chi connectivity index (χ0) is 18.6. The third kappa shape index (κ3) is 4.14. The lowest BCUT2D eigenvalue weighted by atomic mass is 10.3. The molecule has 3 aromatic rings. The molecule has 0 bridgehead atoms. The smallest absolute Gasteiger partial charge is 0.269 e. The summed E-state index contributed by atoms with van der Waals surface area (Å²) >= 11 is 0. The van der Waals surface area contributed by atoms with Crippen LogP contribution in [-0.2, 0) is 10.0 Å². The molecule has 0 aliphatic heterocycles. The molecule has 1 heterocycles. The third-order valence-corrected chi connectivity index (χ3v) is 4.69. The number of ether oxygens (including phenoxy) is 1. The van der Waals surface area contributed by atoms with Crippen molar-refractivity contribution in [1.82, 2.24) is 4.98 Å². The number of benzene rings is 2. The summed E-state index contributed by atoms with van der Waals surface area (Å²) in [5.41, 5.74) is -0.0422. The highest BCUT2D eigenvalue weighted by Gasteiger charge is 2.15. The standard InChI is InChI=1S/C17H13N3O5S/c21-20(22)13-4-6-14(7-5-13)25-15-8-10-16(11-9-15)26(23,24)19-17-3-1-2-12-18-17/h1-12H,(H,18,19). The Morgan fingerprint density at radius 2 is 1.54 bits per heavy atom. The second-order valence-electron chi connectivity index (χ2n) is 5.14. The van der Waals surface area contributed by atoms with Crippen molar-refractivity contribution in [1.29, 1.82) is 0 Å². The van der Waals surface area contributed by atoms with Crippen LogP contribution in [0.5, 0.6) is 11.5 Å². The zero-order valence-corrected chi connectivity index (χ0v) is 14.1. The minimum Gasteiger partial charge on any atom is -0.457 e. The number of hydrogen-bond donors (Lipinski definition) is 1. The first-order valence-corrected chi connectivity index (χ1v) is 8.88. The molecule has 132 valence electrons. The largest absolute Gasteiger partial charge is 0.457 e. The van der Waals surface area contributed by atoms with E-state index in [2.05, 4.69) is 9.71 Å². The highest BCUT2D eigenvalue weighted by atomic mass is 32.2. The maximum absolute atomic E-state index is 12.3. The van der Waals surface area contributed by atoms with Gasteiger partial charge in [0.05, 0.1) is 9.82 Å². The van der Waals surface area contributed by atoms with Crippen LogP contribution >= 0.6 is 0 Å². The maximum Gasteiger partial charge on any atom is 0.269 e. The Bertz CT molecular complexity index is 1000. The van der Waals surface area contributed by atoms with E-state index >= 15 is 0 Å². The molecule has 0 amide bonds. The van der Waals surface area contributed by atoms with E-state index in [9.17, 15) is 18.5 Å². The normalized spacial score (nSPS) is 10.9. The van der Waals surface area contributed by atoms with E-state index in [0.717, 1.165) is 0 Å². The Labute approximate surface area is 149 Å². The molecule has 0 atom stereocenters. The molecule has 1 aromatic heterocycles. The van der Waals surface area contributed by atoms with Crippen LogP contribution in [0.25, 0.3) is 0 Å². The minimum absolute atomic E-state index is 0.0422. The van der Waals surface area contributed by atoms with Crippen LogP contribution in [0, 0.1) is 10.1 Å². The Balaban J connectivity index is 1.72. The first-order valence-electron chi connectivity index (χ1n) is 7.40. The average molecular weight is 371 g/mol. The minimum atomic E-state index is -3.76. The first kappa shape index (κ1) is 17.4. The topological polar surface area (TPSA) is 111 Å². The van der Waals surface area contributed by atoms with Gasteiger partial charge in [-0.15, -0.1) is 0 Å². The molecule has 0 fully saturated rings. The molecule has 8 nitrogen and oxygen atoms in total. The van der Waals surface area contributed by atoms with Gasteiger partial charge >= 0.3 is 0 Å². The number of nitro groups is 1. The molecule has 0 saturated heterocycles. The van der Waals surface area contributed by atoms with Crippen LogP contribution in [0.4, 0.5) is 11.5 Å². The summed E-state index contributed by atoms with van der Waals surface area (Å²) in [6, 6.07) is 16.3.